The number of anilines is 2. The van der Waals surface area contributed by atoms with Crippen LogP contribution in [0.3, 0.4) is 0 Å². The summed E-state index contributed by atoms with van der Waals surface area (Å²) >= 11 is 1.72. The molecule has 1 aliphatic heterocycles. The van der Waals surface area contributed by atoms with Crippen molar-refractivity contribution in [3.63, 3.8) is 0 Å². The molecule has 5 aromatic rings. The summed E-state index contributed by atoms with van der Waals surface area (Å²) in [4.78, 5) is 23.4. The van der Waals surface area contributed by atoms with Gasteiger partial charge in [0, 0.05) is 61.7 Å². The van der Waals surface area contributed by atoms with Crippen molar-refractivity contribution in [2.75, 3.05) is 49.9 Å². The Kier molecular flexibility index (Phi) is 8.89. The van der Waals surface area contributed by atoms with E-state index >= 15 is 0 Å². The van der Waals surface area contributed by atoms with E-state index in [1.54, 1.807) is 17.4 Å². The van der Waals surface area contributed by atoms with E-state index < -0.39 is 0 Å². The molecule has 1 aliphatic rings. The van der Waals surface area contributed by atoms with Crippen LogP contribution in [-0.4, -0.2) is 69.6 Å². The molecule has 0 bridgehead atoms. The minimum Gasteiger partial charge on any atom is -0.359 e. The SMILES string of the molecule is CCN1CCN(CCc2ccc3c(c2)sc2nc(-c4ccc(NC(=O)Nc5cc(C(C)(C)C)on5)cc4)cn23)CC1.Cl. The first kappa shape index (κ1) is 30.0. The first-order valence-corrected chi connectivity index (χ1v) is 15.1. The van der Waals surface area contributed by atoms with Gasteiger partial charge in [0.05, 0.1) is 15.9 Å². The average Bonchev–Trinajstić information content (AvgIpc) is 3.67. The molecule has 0 aliphatic carbocycles. The first-order chi connectivity index (χ1) is 19.7. The van der Waals surface area contributed by atoms with Gasteiger partial charge in [0.15, 0.2) is 10.8 Å². The summed E-state index contributed by atoms with van der Waals surface area (Å²) in [5.74, 6) is 1.09. The third kappa shape index (κ3) is 6.62. The Balaban J connectivity index is 0.00000353. The van der Waals surface area contributed by atoms with Gasteiger partial charge in [-0.3, -0.25) is 9.72 Å². The van der Waals surface area contributed by atoms with Crippen LogP contribution in [0.5, 0.6) is 0 Å². The van der Waals surface area contributed by atoms with Gasteiger partial charge in [-0.1, -0.05) is 62.4 Å². The highest BCUT2D eigenvalue weighted by Crippen LogP contribution is 2.31. The lowest BCUT2D eigenvalue weighted by atomic mass is 9.93. The molecule has 222 valence electrons. The largest absolute Gasteiger partial charge is 0.359 e. The van der Waals surface area contributed by atoms with Gasteiger partial charge in [-0.05, 0) is 42.8 Å². The van der Waals surface area contributed by atoms with Gasteiger partial charge in [-0.15, -0.1) is 12.4 Å². The summed E-state index contributed by atoms with van der Waals surface area (Å²) in [6.07, 6.45) is 3.16. The van der Waals surface area contributed by atoms with Crippen molar-refractivity contribution in [3.05, 3.63) is 66.1 Å². The number of carbonyl (C=O) groups is 1. The zero-order chi connectivity index (χ0) is 28.6. The van der Waals surface area contributed by atoms with E-state index in [2.05, 4.69) is 61.3 Å². The van der Waals surface area contributed by atoms with Gasteiger partial charge in [-0.2, -0.15) is 0 Å². The lowest BCUT2D eigenvalue weighted by Gasteiger charge is -2.34. The van der Waals surface area contributed by atoms with Crippen molar-refractivity contribution in [2.24, 2.45) is 0 Å². The smallest absolute Gasteiger partial charge is 0.324 e. The number of urea groups is 1. The summed E-state index contributed by atoms with van der Waals surface area (Å²) in [5, 5.41) is 9.50. The standard InChI is InChI=1S/C31H37N7O2S.ClH/c1-5-36-14-16-37(17-15-36)13-12-21-6-11-25-26(18-21)41-30-33-24(20-38(25)30)22-7-9-23(10-8-22)32-29(39)34-28-19-27(40-35-28)31(2,3)4;/h6-11,18-20H,5,12-17H2,1-4H3,(H2,32,34,35,39);1H. The van der Waals surface area contributed by atoms with Crippen molar-refractivity contribution in [1.82, 2.24) is 24.3 Å². The number of amides is 2. The normalized spacial score (nSPS) is 14.8. The van der Waals surface area contributed by atoms with Gasteiger partial charge in [0.1, 0.15) is 5.76 Å². The number of nitrogens with one attached hydrogen (secondary N) is 2. The predicted molar refractivity (Wildman–Crippen MR) is 173 cm³/mol. The Morgan fingerprint density at radius 3 is 2.43 bits per heavy atom. The second-order valence-electron chi connectivity index (χ2n) is 11.7. The van der Waals surface area contributed by atoms with E-state index in [-0.39, 0.29) is 23.9 Å². The molecule has 1 fully saturated rings. The minimum atomic E-state index is -0.376. The minimum absolute atomic E-state index is 0. The molecule has 2 aromatic carbocycles. The van der Waals surface area contributed by atoms with E-state index in [1.807, 2.05) is 45.0 Å². The molecule has 0 saturated carbocycles. The molecule has 6 rings (SSSR count). The number of carbonyl (C=O) groups excluding carboxylic acids is 1. The van der Waals surface area contributed by atoms with Crippen LogP contribution in [0.15, 0.2) is 59.3 Å². The molecule has 0 unspecified atom stereocenters. The molecular formula is C31H38ClN7O2S. The van der Waals surface area contributed by atoms with E-state index in [0.29, 0.717) is 17.3 Å². The molecule has 3 aromatic heterocycles. The van der Waals surface area contributed by atoms with E-state index in [0.717, 1.165) is 48.8 Å². The van der Waals surface area contributed by atoms with Crippen LogP contribution in [0.1, 0.15) is 39.0 Å². The molecule has 9 nitrogen and oxygen atoms in total. The Hall–Kier alpha value is -3.44. The van der Waals surface area contributed by atoms with Gasteiger partial charge < -0.3 is 19.6 Å². The number of halogens is 1. The summed E-state index contributed by atoms with van der Waals surface area (Å²) in [6, 6.07) is 15.9. The molecule has 0 atom stereocenters. The van der Waals surface area contributed by atoms with Crippen molar-refractivity contribution >= 4 is 56.5 Å². The zero-order valence-corrected chi connectivity index (χ0v) is 26.1. The second kappa shape index (κ2) is 12.4. The van der Waals surface area contributed by atoms with Crippen LogP contribution in [0.4, 0.5) is 16.3 Å². The number of hydrogen-bond acceptors (Lipinski definition) is 7. The molecule has 11 heteroatoms. The Morgan fingerprint density at radius 1 is 1.00 bits per heavy atom. The number of thiazole rings is 1. The van der Waals surface area contributed by atoms with Crippen LogP contribution in [0.2, 0.25) is 0 Å². The molecule has 0 radical (unpaired) electrons. The van der Waals surface area contributed by atoms with Gasteiger partial charge in [0.2, 0.25) is 0 Å². The average molecular weight is 608 g/mol. The number of benzene rings is 2. The fraction of sp³-hybridized carbons (Fsp3) is 0.387. The molecule has 0 spiro atoms. The maximum Gasteiger partial charge on any atom is 0.324 e. The summed E-state index contributed by atoms with van der Waals surface area (Å²) in [6.45, 7) is 15.3. The first-order valence-electron chi connectivity index (χ1n) is 14.3. The van der Waals surface area contributed by atoms with Crippen LogP contribution in [0.25, 0.3) is 26.4 Å². The number of rotatable bonds is 7. The fourth-order valence-corrected chi connectivity index (χ4v) is 6.22. The molecule has 2 N–H and O–H groups in total. The summed E-state index contributed by atoms with van der Waals surface area (Å²) in [5.41, 5.74) is 4.96. The molecular weight excluding hydrogens is 570 g/mol. The highest BCUT2D eigenvalue weighted by atomic mass is 35.5. The summed E-state index contributed by atoms with van der Waals surface area (Å²) in [7, 11) is 0. The van der Waals surface area contributed by atoms with Crippen LogP contribution < -0.4 is 10.6 Å². The zero-order valence-electron chi connectivity index (χ0n) is 24.5. The van der Waals surface area contributed by atoms with Crippen LogP contribution >= 0.6 is 23.7 Å². The molecule has 2 amide bonds. The van der Waals surface area contributed by atoms with Crippen molar-refractivity contribution in [2.45, 2.75) is 39.5 Å². The Bertz CT molecular complexity index is 1660. The van der Waals surface area contributed by atoms with Crippen molar-refractivity contribution in [1.29, 1.82) is 0 Å². The van der Waals surface area contributed by atoms with Crippen molar-refractivity contribution < 1.29 is 9.32 Å². The number of likely N-dealkylation sites (N-methyl/N-ethyl adjacent to an activating group) is 1. The maximum absolute atomic E-state index is 12.4. The highest BCUT2D eigenvalue weighted by molar-refractivity contribution is 7.23. The Morgan fingerprint density at radius 2 is 1.74 bits per heavy atom. The second-order valence-corrected chi connectivity index (χ2v) is 12.7. The highest BCUT2D eigenvalue weighted by Gasteiger charge is 2.20. The molecule has 4 heterocycles. The molecule has 1 saturated heterocycles. The van der Waals surface area contributed by atoms with Gasteiger partial charge >= 0.3 is 6.03 Å². The quantitative estimate of drug-likeness (QED) is 0.213. The molecule has 42 heavy (non-hydrogen) atoms. The van der Waals surface area contributed by atoms with E-state index in [4.69, 9.17) is 9.51 Å². The number of fused-ring (bicyclic) bond motifs is 3. The van der Waals surface area contributed by atoms with Gasteiger partial charge in [-0.25, -0.2) is 9.78 Å². The van der Waals surface area contributed by atoms with Crippen LogP contribution in [0, 0.1) is 0 Å². The third-order valence-electron chi connectivity index (χ3n) is 7.72. The number of hydrogen-bond donors (Lipinski definition) is 2. The number of aromatic nitrogens is 3. The number of imidazole rings is 1. The maximum atomic E-state index is 12.4. The van der Waals surface area contributed by atoms with Crippen molar-refractivity contribution in [3.8, 4) is 11.3 Å². The lowest BCUT2D eigenvalue weighted by molar-refractivity contribution is 0.138. The topological polar surface area (TPSA) is 90.9 Å². The number of piperazine rings is 1. The van der Waals surface area contributed by atoms with Gasteiger partial charge in [0.25, 0.3) is 0 Å². The Labute approximate surface area is 256 Å². The number of nitrogens with zero attached hydrogens (tertiary/aromatic N) is 5. The third-order valence-corrected chi connectivity index (χ3v) is 8.73. The van der Waals surface area contributed by atoms with Crippen LogP contribution in [-0.2, 0) is 11.8 Å². The summed E-state index contributed by atoms with van der Waals surface area (Å²) < 4.78 is 8.77. The van der Waals surface area contributed by atoms with E-state index in [1.165, 1.54) is 28.9 Å². The fourth-order valence-electron chi connectivity index (χ4n) is 5.15. The predicted octanol–water partition coefficient (Wildman–Crippen LogP) is 6.75. The monoisotopic (exact) mass is 607 g/mol. The van der Waals surface area contributed by atoms with E-state index in [9.17, 15) is 4.79 Å². The lowest BCUT2D eigenvalue weighted by Crippen LogP contribution is -2.46.